The van der Waals surface area contributed by atoms with Gasteiger partial charge >= 0.3 is 0 Å². The highest BCUT2D eigenvalue weighted by atomic mass is 32.2. The summed E-state index contributed by atoms with van der Waals surface area (Å²) in [6.07, 6.45) is 0. The average Bonchev–Trinajstić information content (AvgIpc) is 2.87. The predicted molar refractivity (Wildman–Crippen MR) is 100 cm³/mol. The van der Waals surface area contributed by atoms with E-state index >= 15 is 0 Å². The van der Waals surface area contributed by atoms with Crippen molar-refractivity contribution < 1.29 is 13.2 Å². The molecule has 7 nitrogen and oxygen atoms in total. The fraction of sp³-hybridized carbons (Fsp3) is 0.444. The van der Waals surface area contributed by atoms with Crippen LogP contribution < -0.4 is 5.32 Å². The number of amides is 1. The second kappa shape index (κ2) is 8.01. The molecule has 142 valence electrons. The van der Waals surface area contributed by atoms with Crippen molar-refractivity contribution in [3.8, 4) is 0 Å². The number of rotatable bonds is 7. The fourth-order valence-corrected chi connectivity index (χ4v) is 4.01. The smallest absolute Gasteiger partial charge is 0.246 e. The largest absolute Gasteiger partial charge is 0.354 e. The minimum absolute atomic E-state index is 0.0167. The van der Waals surface area contributed by atoms with E-state index in [4.69, 9.17) is 0 Å². The molecule has 1 aromatic carbocycles. The van der Waals surface area contributed by atoms with Crippen molar-refractivity contribution in [1.29, 1.82) is 0 Å². The first kappa shape index (κ1) is 20.1. The second-order valence-electron chi connectivity index (χ2n) is 6.56. The molecular formula is C18H26N4O3S. The molecule has 0 aliphatic heterocycles. The number of aryl methyl sites for hydroxylation is 1. The second-order valence-corrected chi connectivity index (χ2v) is 8.65. The van der Waals surface area contributed by atoms with Gasteiger partial charge in [-0.05, 0) is 25.3 Å². The molecule has 1 unspecified atom stereocenters. The van der Waals surface area contributed by atoms with E-state index in [2.05, 4.69) is 10.4 Å². The number of nitrogens with zero attached hydrogens (tertiary/aromatic N) is 3. The molecule has 8 heteroatoms. The number of benzene rings is 1. The van der Waals surface area contributed by atoms with Gasteiger partial charge in [-0.3, -0.25) is 9.48 Å². The first-order valence-corrected chi connectivity index (χ1v) is 9.86. The van der Waals surface area contributed by atoms with Crippen LogP contribution >= 0.6 is 0 Å². The van der Waals surface area contributed by atoms with Crippen molar-refractivity contribution >= 4 is 15.9 Å². The molecule has 0 radical (unpaired) electrons. The van der Waals surface area contributed by atoms with Gasteiger partial charge in [0.25, 0.3) is 0 Å². The third-order valence-corrected chi connectivity index (χ3v) is 6.39. The van der Waals surface area contributed by atoms with Crippen LogP contribution in [0.3, 0.4) is 0 Å². The zero-order valence-electron chi connectivity index (χ0n) is 15.9. The van der Waals surface area contributed by atoms with Gasteiger partial charge in [0, 0.05) is 20.6 Å². The summed E-state index contributed by atoms with van der Waals surface area (Å²) in [6, 6.07) is 9.94. The van der Waals surface area contributed by atoms with E-state index < -0.39 is 10.0 Å². The molecule has 26 heavy (non-hydrogen) atoms. The highest BCUT2D eigenvalue weighted by Gasteiger charge is 2.27. The first-order valence-electron chi connectivity index (χ1n) is 8.42. The number of aromatic nitrogens is 2. The molecule has 1 atom stereocenters. The highest BCUT2D eigenvalue weighted by Crippen LogP contribution is 2.21. The van der Waals surface area contributed by atoms with E-state index in [1.54, 1.807) is 13.8 Å². The molecular weight excluding hydrogens is 352 g/mol. The maximum Gasteiger partial charge on any atom is 0.246 e. The maximum atomic E-state index is 12.4. The predicted octanol–water partition coefficient (Wildman–Crippen LogP) is 1.67. The van der Waals surface area contributed by atoms with Crippen molar-refractivity contribution in [2.24, 2.45) is 0 Å². The van der Waals surface area contributed by atoms with Crippen LogP contribution in [0.2, 0.25) is 0 Å². The average molecular weight is 378 g/mol. The summed E-state index contributed by atoms with van der Waals surface area (Å²) in [5.74, 6) is -0.0162. The number of nitrogens with one attached hydrogen (secondary N) is 1. The van der Waals surface area contributed by atoms with Crippen LogP contribution in [0, 0.1) is 13.8 Å². The summed E-state index contributed by atoms with van der Waals surface area (Å²) in [5, 5.41) is 7.12. The lowest BCUT2D eigenvalue weighted by atomic mass is 10.0. The first-order chi connectivity index (χ1) is 12.1. The van der Waals surface area contributed by atoms with Crippen molar-refractivity contribution in [2.45, 2.75) is 38.1 Å². The van der Waals surface area contributed by atoms with Crippen molar-refractivity contribution in [3.63, 3.8) is 0 Å². The van der Waals surface area contributed by atoms with Gasteiger partial charge in [0.05, 0.1) is 11.4 Å². The summed E-state index contributed by atoms with van der Waals surface area (Å²) >= 11 is 0. The Morgan fingerprint density at radius 2 is 1.85 bits per heavy atom. The van der Waals surface area contributed by atoms with E-state index in [1.807, 2.05) is 37.3 Å². The number of hydrogen-bond acceptors (Lipinski definition) is 4. The Bertz CT molecular complexity index is 873. The number of hydrogen-bond donors (Lipinski definition) is 1. The summed E-state index contributed by atoms with van der Waals surface area (Å²) in [4.78, 5) is 12.4. The fourth-order valence-electron chi connectivity index (χ4n) is 2.75. The molecule has 0 spiro atoms. The van der Waals surface area contributed by atoms with Crippen LogP contribution in [-0.2, 0) is 21.4 Å². The third kappa shape index (κ3) is 4.31. The molecule has 1 heterocycles. The number of carbonyl (C=O) groups is 1. The van der Waals surface area contributed by atoms with Crippen molar-refractivity contribution in [2.75, 3.05) is 20.6 Å². The molecule has 2 rings (SSSR count). The Morgan fingerprint density at radius 3 is 2.42 bits per heavy atom. The summed E-state index contributed by atoms with van der Waals surface area (Å²) in [5.41, 5.74) is 2.00. The molecule has 0 saturated heterocycles. The lowest BCUT2D eigenvalue weighted by molar-refractivity contribution is -0.121. The van der Waals surface area contributed by atoms with E-state index in [1.165, 1.54) is 18.8 Å². The molecule has 0 aliphatic rings. The minimum Gasteiger partial charge on any atom is -0.354 e. The van der Waals surface area contributed by atoms with Crippen LogP contribution in [0.5, 0.6) is 0 Å². The lowest BCUT2D eigenvalue weighted by Gasteiger charge is -2.14. The quantitative estimate of drug-likeness (QED) is 0.794. The van der Waals surface area contributed by atoms with Gasteiger partial charge in [-0.1, -0.05) is 37.3 Å². The summed E-state index contributed by atoms with van der Waals surface area (Å²) < 4.78 is 27.4. The molecule has 0 saturated carbocycles. The Morgan fingerprint density at radius 1 is 1.23 bits per heavy atom. The Labute approximate surface area is 155 Å². The Kier molecular flexibility index (Phi) is 6.20. The highest BCUT2D eigenvalue weighted by molar-refractivity contribution is 7.89. The zero-order valence-corrected chi connectivity index (χ0v) is 16.7. The van der Waals surface area contributed by atoms with E-state index in [0.29, 0.717) is 17.9 Å². The molecule has 0 aliphatic carbocycles. The molecule has 1 amide bonds. The monoisotopic (exact) mass is 378 g/mol. The number of carbonyl (C=O) groups excluding carboxylic acids is 1. The van der Waals surface area contributed by atoms with Crippen LogP contribution in [-0.4, -0.2) is 49.1 Å². The molecule has 2 aromatic rings. The van der Waals surface area contributed by atoms with Crippen LogP contribution in [0.25, 0.3) is 0 Å². The minimum atomic E-state index is -3.60. The van der Waals surface area contributed by atoms with Crippen molar-refractivity contribution in [1.82, 2.24) is 19.4 Å². The van der Waals surface area contributed by atoms with Gasteiger partial charge in [0.15, 0.2) is 0 Å². The molecule has 1 N–H and O–H groups in total. The molecule has 0 bridgehead atoms. The zero-order chi connectivity index (χ0) is 19.5. The Hall–Kier alpha value is -2.19. The molecule has 0 fully saturated rings. The van der Waals surface area contributed by atoms with Gasteiger partial charge in [0.1, 0.15) is 11.4 Å². The third-order valence-electron chi connectivity index (χ3n) is 4.32. The summed E-state index contributed by atoms with van der Waals surface area (Å²) in [6.45, 7) is 5.83. The SMILES string of the molecule is Cc1nn(CC(=O)NCC(C)c2ccccc2)c(C)c1S(=O)(=O)N(C)C. The maximum absolute atomic E-state index is 12.4. The Balaban J connectivity index is 2.06. The van der Waals surface area contributed by atoms with Crippen LogP contribution in [0.15, 0.2) is 35.2 Å². The van der Waals surface area contributed by atoms with E-state index in [-0.39, 0.29) is 23.3 Å². The van der Waals surface area contributed by atoms with Gasteiger partial charge in [-0.25, -0.2) is 12.7 Å². The van der Waals surface area contributed by atoms with Gasteiger partial charge in [0.2, 0.25) is 15.9 Å². The van der Waals surface area contributed by atoms with Crippen LogP contribution in [0.4, 0.5) is 0 Å². The van der Waals surface area contributed by atoms with Crippen LogP contribution in [0.1, 0.15) is 29.8 Å². The van der Waals surface area contributed by atoms with E-state index in [9.17, 15) is 13.2 Å². The van der Waals surface area contributed by atoms with Gasteiger partial charge in [-0.2, -0.15) is 5.10 Å². The standard InChI is InChI=1S/C18H26N4O3S/c1-13(16-9-7-6-8-10-16)11-19-17(23)12-22-15(3)18(14(2)20-22)26(24,25)21(4)5/h6-10,13H,11-12H2,1-5H3,(H,19,23). The van der Waals surface area contributed by atoms with E-state index in [0.717, 1.165) is 9.87 Å². The topological polar surface area (TPSA) is 84.3 Å². The van der Waals surface area contributed by atoms with Crippen molar-refractivity contribution in [3.05, 3.63) is 47.3 Å². The molecule has 1 aromatic heterocycles. The normalized spacial score (nSPS) is 13.0. The number of sulfonamides is 1. The van der Waals surface area contributed by atoms with Gasteiger partial charge in [-0.15, -0.1) is 0 Å². The summed E-state index contributed by atoms with van der Waals surface area (Å²) in [7, 11) is -0.646. The van der Waals surface area contributed by atoms with Gasteiger partial charge < -0.3 is 5.32 Å². The lowest BCUT2D eigenvalue weighted by Crippen LogP contribution is -2.31.